The SMILES string of the molecule is CC(NNCCCCCCN)c1ccc(F)c(CCC2CC2)c1. The van der Waals surface area contributed by atoms with Gasteiger partial charge in [0.2, 0.25) is 0 Å². The molecule has 23 heavy (non-hydrogen) atoms. The average molecular weight is 321 g/mol. The summed E-state index contributed by atoms with van der Waals surface area (Å²) in [6, 6.07) is 5.71. The first kappa shape index (κ1) is 18.4. The number of nitrogens with two attached hydrogens (primary N) is 1. The predicted octanol–water partition coefficient (Wildman–Crippen LogP) is 3.84. The highest BCUT2D eigenvalue weighted by Crippen LogP contribution is 2.34. The Morgan fingerprint density at radius 3 is 2.74 bits per heavy atom. The Hall–Kier alpha value is -0.970. The topological polar surface area (TPSA) is 50.1 Å². The van der Waals surface area contributed by atoms with E-state index in [9.17, 15) is 4.39 Å². The van der Waals surface area contributed by atoms with E-state index in [0.717, 1.165) is 55.8 Å². The molecular weight excluding hydrogens is 289 g/mol. The zero-order valence-electron chi connectivity index (χ0n) is 14.4. The third-order valence-electron chi connectivity index (χ3n) is 4.66. The molecule has 0 aliphatic heterocycles. The van der Waals surface area contributed by atoms with E-state index in [-0.39, 0.29) is 11.9 Å². The van der Waals surface area contributed by atoms with Crippen LogP contribution >= 0.6 is 0 Å². The molecule has 1 aromatic rings. The zero-order valence-corrected chi connectivity index (χ0v) is 14.4. The summed E-state index contributed by atoms with van der Waals surface area (Å²) in [6.07, 6.45) is 9.33. The third-order valence-corrected chi connectivity index (χ3v) is 4.66. The Morgan fingerprint density at radius 2 is 2.00 bits per heavy atom. The Kier molecular flexibility index (Phi) is 8.00. The minimum atomic E-state index is -0.0607. The summed E-state index contributed by atoms with van der Waals surface area (Å²) in [5.74, 6) is 0.781. The van der Waals surface area contributed by atoms with E-state index in [1.807, 2.05) is 12.1 Å². The van der Waals surface area contributed by atoms with Crippen LogP contribution in [0, 0.1) is 11.7 Å². The summed E-state index contributed by atoms with van der Waals surface area (Å²) in [6.45, 7) is 3.85. The van der Waals surface area contributed by atoms with Gasteiger partial charge in [0.25, 0.3) is 0 Å². The van der Waals surface area contributed by atoms with E-state index in [2.05, 4.69) is 17.8 Å². The molecule has 2 rings (SSSR count). The number of halogens is 1. The predicted molar refractivity (Wildman–Crippen MR) is 94.5 cm³/mol. The van der Waals surface area contributed by atoms with Gasteiger partial charge in [-0.25, -0.2) is 4.39 Å². The number of hydrazine groups is 1. The van der Waals surface area contributed by atoms with E-state index in [1.54, 1.807) is 6.07 Å². The fourth-order valence-electron chi connectivity index (χ4n) is 2.84. The Morgan fingerprint density at radius 1 is 1.22 bits per heavy atom. The van der Waals surface area contributed by atoms with Crippen LogP contribution in [0.1, 0.15) is 69.0 Å². The van der Waals surface area contributed by atoms with E-state index in [1.165, 1.54) is 25.7 Å². The zero-order chi connectivity index (χ0) is 16.5. The van der Waals surface area contributed by atoms with Gasteiger partial charge in [-0.05, 0) is 62.3 Å². The molecule has 0 spiro atoms. The van der Waals surface area contributed by atoms with Crippen LogP contribution in [0.15, 0.2) is 18.2 Å². The van der Waals surface area contributed by atoms with E-state index in [4.69, 9.17) is 5.73 Å². The summed E-state index contributed by atoms with van der Waals surface area (Å²) in [4.78, 5) is 0. The smallest absolute Gasteiger partial charge is 0.126 e. The summed E-state index contributed by atoms with van der Waals surface area (Å²) in [5.41, 5.74) is 14.1. The molecule has 0 radical (unpaired) electrons. The maximum absolute atomic E-state index is 13.9. The van der Waals surface area contributed by atoms with Crippen LogP contribution in [0.5, 0.6) is 0 Å². The summed E-state index contributed by atoms with van der Waals surface area (Å²) >= 11 is 0. The van der Waals surface area contributed by atoms with Crippen molar-refractivity contribution < 1.29 is 4.39 Å². The molecule has 0 heterocycles. The van der Waals surface area contributed by atoms with Crippen molar-refractivity contribution in [2.75, 3.05) is 13.1 Å². The normalized spacial score (nSPS) is 15.8. The lowest BCUT2D eigenvalue weighted by atomic mass is 10.0. The molecule has 1 unspecified atom stereocenters. The van der Waals surface area contributed by atoms with Crippen molar-refractivity contribution in [3.8, 4) is 0 Å². The number of hydrogen-bond acceptors (Lipinski definition) is 3. The van der Waals surface area contributed by atoms with Crippen LogP contribution in [-0.4, -0.2) is 13.1 Å². The molecule has 4 N–H and O–H groups in total. The number of hydrogen-bond donors (Lipinski definition) is 3. The standard InChI is InChI=1S/C19H32FN3/c1-15(23-22-13-5-3-2-4-12-21)17-10-11-19(20)18(14-17)9-8-16-6-7-16/h10-11,14-16,22-23H,2-9,12-13,21H2,1H3. The van der Waals surface area contributed by atoms with Crippen LogP contribution in [0.4, 0.5) is 4.39 Å². The van der Waals surface area contributed by atoms with Gasteiger partial charge in [-0.2, -0.15) is 0 Å². The van der Waals surface area contributed by atoms with Crippen molar-refractivity contribution in [2.24, 2.45) is 11.7 Å². The molecule has 0 amide bonds. The van der Waals surface area contributed by atoms with Gasteiger partial charge in [-0.3, -0.25) is 10.9 Å². The molecule has 1 fully saturated rings. The van der Waals surface area contributed by atoms with Crippen molar-refractivity contribution in [1.82, 2.24) is 10.9 Å². The number of benzene rings is 1. The van der Waals surface area contributed by atoms with Crippen molar-refractivity contribution in [2.45, 2.75) is 64.3 Å². The monoisotopic (exact) mass is 321 g/mol. The molecule has 1 aromatic carbocycles. The average Bonchev–Trinajstić information content (AvgIpc) is 3.37. The van der Waals surface area contributed by atoms with Crippen LogP contribution in [0.3, 0.4) is 0 Å². The van der Waals surface area contributed by atoms with Gasteiger partial charge in [-0.15, -0.1) is 0 Å². The first-order valence-electron chi connectivity index (χ1n) is 9.17. The summed E-state index contributed by atoms with van der Waals surface area (Å²) < 4.78 is 13.9. The second-order valence-electron chi connectivity index (χ2n) is 6.83. The summed E-state index contributed by atoms with van der Waals surface area (Å²) in [7, 11) is 0. The van der Waals surface area contributed by atoms with Crippen molar-refractivity contribution in [3.05, 3.63) is 35.1 Å². The lowest BCUT2D eigenvalue weighted by molar-refractivity contribution is 0.448. The highest BCUT2D eigenvalue weighted by Gasteiger charge is 2.21. The Bertz CT molecular complexity index is 460. The van der Waals surface area contributed by atoms with Crippen LogP contribution in [-0.2, 0) is 6.42 Å². The molecule has 0 aromatic heterocycles. The van der Waals surface area contributed by atoms with Crippen LogP contribution < -0.4 is 16.6 Å². The van der Waals surface area contributed by atoms with E-state index >= 15 is 0 Å². The van der Waals surface area contributed by atoms with Gasteiger partial charge in [-0.1, -0.05) is 37.8 Å². The fraction of sp³-hybridized carbons (Fsp3) is 0.684. The largest absolute Gasteiger partial charge is 0.330 e. The van der Waals surface area contributed by atoms with E-state index in [0.29, 0.717) is 0 Å². The van der Waals surface area contributed by atoms with Crippen molar-refractivity contribution in [1.29, 1.82) is 0 Å². The molecule has 0 saturated heterocycles. The number of unbranched alkanes of at least 4 members (excludes halogenated alkanes) is 3. The molecule has 3 nitrogen and oxygen atoms in total. The van der Waals surface area contributed by atoms with Crippen LogP contribution in [0.2, 0.25) is 0 Å². The van der Waals surface area contributed by atoms with Gasteiger partial charge < -0.3 is 5.73 Å². The molecule has 4 heteroatoms. The lowest BCUT2D eigenvalue weighted by Crippen LogP contribution is -2.34. The minimum Gasteiger partial charge on any atom is -0.330 e. The second kappa shape index (κ2) is 10.0. The molecule has 0 bridgehead atoms. The summed E-state index contributed by atoms with van der Waals surface area (Å²) in [5, 5.41) is 0. The van der Waals surface area contributed by atoms with Gasteiger partial charge in [0, 0.05) is 12.6 Å². The number of nitrogens with one attached hydrogen (secondary N) is 2. The number of aryl methyl sites for hydroxylation is 1. The minimum absolute atomic E-state index is 0.0607. The highest BCUT2D eigenvalue weighted by atomic mass is 19.1. The fourth-order valence-corrected chi connectivity index (χ4v) is 2.84. The Labute approximate surface area is 140 Å². The molecule has 1 atom stereocenters. The maximum Gasteiger partial charge on any atom is 0.126 e. The quantitative estimate of drug-likeness (QED) is 0.405. The van der Waals surface area contributed by atoms with Gasteiger partial charge in [0.15, 0.2) is 0 Å². The van der Waals surface area contributed by atoms with Gasteiger partial charge in [0.1, 0.15) is 5.82 Å². The Balaban J connectivity index is 1.70. The third kappa shape index (κ3) is 6.98. The van der Waals surface area contributed by atoms with Gasteiger partial charge in [0.05, 0.1) is 0 Å². The maximum atomic E-state index is 13.9. The molecule has 130 valence electrons. The highest BCUT2D eigenvalue weighted by molar-refractivity contribution is 5.27. The van der Waals surface area contributed by atoms with Crippen molar-refractivity contribution in [3.63, 3.8) is 0 Å². The molecular formula is C19H32FN3. The lowest BCUT2D eigenvalue weighted by Gasteiger charge is -2.16. The second-order valence-corrected chi connectivity index (χ2v) is 6.83. The van der Waals surface area contributed by atoms with Gasteiger partial charge >= 0.3 is 0 Å². The molecule has 1 aliphatic rings. The molecule has 1 aliphatic carbocycles. The molecule has 1 saturated carbocycles. The first-order valence-corrected chi connectivity index (χ1v) is 9.17. The van der Waals surface area contributed by atoms with Crippen LogP contribution in [0.25, 0.3) is 0 Å². The number of rotatable bonds is 12. The first-order chi connectivity index (χ1) is 11.2. The van der Waals surface area contributed by atoms with Crippen molar-refractivity contribution >= 4 is 0 Å². The van der Waals surface area contributed by atoms with E-state index < -0.39 is 0 Å².